The molecule has 0 saturated carbocycles. The molecule has 0 saturated heterocycles. The molecule has 0 amide bonds. The summed E-state index contributed by atoms with van der Waals surface area (Å²) >= 11 is 0. The lowest BCUT2D eigenvalue weighted by Crippen LogP contribution is -1.80. The van der Waals surface area contributed by atoms with Crippen LogP contribution in [0.1, 0.15) is 11.5 Å². The summed E-state index contributed by atoms with van der Waals surface area (Å²) in [6, 6.07) is 12.8. The second kappa shape index (κ2) is 3.74. The summed E-state index contributed by atoms with van der Waals surface area (Å²) in [6.07, 6.45) is 1.70. The Bertz CT molecular complexity index is 682. The van der Waals surface area contributed by atoms with Gasteiger partial charge in [-0.15, -0.1) is 0 Å². The molecule has 1 heterocycles. The van der Waals surface area contributed by atoms with Crippen molar-refractivity contribution < 1.29 is 4.42 Å². The van der Waals surface area contributed by atoms with Crippen molar-refractivity contribution in [1.82, 2.24) is 4.98 Å². The van der Waals surface area contributed by atoms with E-state index in [1.54, 1.807) is 6.26 Å². The van der Waals surface area contributed by atoms with Crippen LogP contribution < -0.4 is 0 Å². The fraction of sp³-hybridized carbons (Fsp3) is 0.133. The van der Waals surface area contributed by atoms with Gasteiger partial charge in [-0.2, -0.15) is 0 Å². The van der Waals surface area contributed by atoms with Crippen LogP contribution in [0.25, 0.3) is 22.0 Å². The van der Waals surface area contributed by atoms with E-state index in [4.69, 9.17) is 4.42 Å². The zero-order valence-electron chi connectivity index (χ0n) is 9.90. The van der Waals surface area contributed by atoms with Gasteiger partial charge >= 0.3 is 0 Å². The predicted molar refractivity (Wildman–Crippen MR) is 68.9 cm³/mol. The van der Waals surface area contributed by atoms with E-state index >= 15 is 0 Å². The summed E-state index contributed by atoms with van der Waals surface area (Å²) in [7, 11) is 0. The number of hydrogen-bond donors (Lipinski definition) is 0. The number of nitrogens with zero attached hydrogens (tertiary/aromatic N) is 1. The molecule has 3 aromatic rings. The minimum absolute atomic E-state index is 0.698. The van der Waals surface area contributed by atoms with E-state index in [-0.39, 0.29) is 0 Å². The van der Waals surface area contributed by atoms with E-state index in [2.05, 4.69) is 48.3 Å². The van der Waals surface area contributed by atoms with Gasteiger partial charge in [0.05, 0.1) is 0 Å². The van der Waals surface area contributed by atoms with Crippen LogP contribution in [0.2, 0.25) is 0 Å². The largest absolute Gasteiger partial charge is 0.449 e. The van der Waals surface area contributed by atoms with Gasteiger partial charge in [-0.3, -0.25) is 0 Å². The number of rotatable bonds is 1. The van der Waals surface area contributed by atoms with Crippen molar-refractivity contribution in [2.24, 2.45) is 0 Å². The first-order chi connectivity index (χ1) is 8.22. The Balaban J connectivity index is 2.16. The molecule has 2 heteroatoms. The fourth-order valence-corrected chi connectivity index (χ4v) is 2.02. The molecule has 0 atom stereocenters. The quantitative estimate of drug-likeness (QED) is 0.620. The van der Waals surface area contributed by atoms with Crippen LogP contribution in [0.3, 0.4) is 0 Å². The summed E-state index contributed by atoms with van der Waals surface area (Å²) < 4.78 is 5.24. The number of oxazole rings is 1. The Morgan fingerprint density at radius 1 is 0.941 bits per heavy atom. The van der Waals surface area contributed by atoms with Crippen molar-refractivity contribution in [3.05, 3.63) is 54.1 Å². The standard InChI is InChI=1S/C15H13NO/c1-10-3-4-13-8-14(6-5-12(13)7-10)15-9-17-11(2)16-15/h3-9H,1-2H3. The second-order valence-corrected chi connectivity index (χ2v) is 4.32. The number of fused-ring (bicyclic) bond motifs is 1. The average molecular weight is 223 g/mol. The molecule has 0 fully saturated rings. The zero-order valence-corrected chi connectivity index (χ0v) is 9.90. The van der Waals surface area contributed by atoms with Crippen molar-refractivity contribution >= 4 is 10.8 Å². The van der Waals surface area contributed by atoms with Crippen LogP contribution >= 0.6 is 0 Å². The third-order valence-corrected chi connectivity index (χ3v) is 2.91. The Hall–Kier alpha value is -2.09. The SMILES string of the molecule is Cc1ccc2cc(-c3coc(C)n3)ccc2c1. The maximum atomic E-state index is 5.24. The van der Waals surface area contributed by atoms with Gasteiger partial charge in [-0.1, -0.05) is 35.9 Å². The third-order valence-electron chi connectivity index (χ3n) is 2.91. The highest BCUT2D eigenvalue weighted by Crippen LogP contribution is 2.24. The number of benzene rings is 2. The van der Waals surface area contributed by atoms with Crippen molar-refractivity contribution in [3.8, 4) is 11.3 Å². The Labute approximate surface area is 99.9 Å². The molecule has 0 aliphatic rings. The minimum Gasteiger partial charge on any atom is -0.449 e. The molecule has 0 radical (unpaired) electrons. The van der Waals surface area contributed by atoms with E-state index < -0.39 is 0 Å². The highest BCUT2D eigenvalue weighted by atomic mass is 16.3. The molecule has 0 unspecified atom stereocenters. The van der Waals surface area contributed by atoms with Crippen molar-refractivity contribution in [3.63, 3.8) is 0 Å². The van der Waals surface area contributed by atoms with Crippen LogP contribution in [-0.4, -0.2) is 4.98 Å². The summed E-state index contributed by atoms with van der Waals surface area (Å²) in [5.74, 6) is 0.698. The van der Waals surface area contributed by atoms with Gasteiger partial charge in [0.15, 0.2) is 5.89 Å². The lowest BCUT2D eigenvalue weighted by atomic mass is 10.0. The summed E-state index contributed by atoms with van der Waals surface area (Å²) in [4.78, 5) is 4.34. The molecular formula is C15H13NO. The molecule has 2 nitrogen and oxygen atoms in total. The predicted octanol–water partition coefficient (Wildman–Crippen LogP) is 4.11. The number of aryl methyl sites for hydroxylation is 2. The van der Waals surface area contributed by atoms with E-state index in [0.29, 0.717) is 5.89 Å². The summed E-state index contributed by atoms with van der Waals surface area (Å²) in [5.41, 5.74) is 3.27. The zero-order chi connectivity index (χ0) is 11.8. The van der Waals surface area contributed by atoms with Crippen LogP contribution in [-0.2, 0) is 0 Å². The average Bonchev–Trinajstić information content (AvgIpc) is 2.75. The maximum absolute atomic E-state index is 5.24. The molecule has 0 spiro atoms. The first kappa shape index (κ1) is 10.1. The lowest BCUT2D eigenvalue weighted by molar-refractivity contribution is 0.521. The Kier molecular flexibility index (Phi) is 2.22. The molecule has 1 aromatic heterocycles. The maximum Gasteiger partial charge on any atom is 0.191 e. The van der Waals surface area contributed by atoms with Crippen LogP contribution in [0, 0.1) is 13.8 Å². The van der Waals surface area contributed by atoms with E-state index in [1.807, 2.05) is 6.92 Å². The van der Waals surface area contributed by atoms with Crippen LogP contribution in [0.4, 0.5) is 0 Å². The molecule has 0 aliphatic carbocycles. The van der Waals surface area contributed by atoms with Gasteiger partial charge in [0, 0.05) is 12.5 Å². The molecular weight excluding hydrogens is 210 g/mol. The van der Waals surface area contributed by atoms with E-state index in [9.17, 15) is 0 Å². The first-order valence-electron chi connectivity index (χ1n) is 5.65. The number of aromatic nitrogens is 1. The molecule has 0 bridgehead atoms. The first-order valence-corrected chi connectivity index (χ1v) is 5.65. The topological polar surface area (TPSA) is 26.0 Å². The molecule has 2 aromatic carbocycles. The molecule has 0 N–H and O–H groups in total. The highest BCUT2D eigenvalue weighted by molar-refractivity contribution is 5.87. The normalized spacial score (nSPS) is 10.9. The molecule has 0 aliphatic heterocycles. The van der Waals surface area contributed by atoms with Crippen LogP contribution in [0.15, 0.2) is 47.1 Å². The van der Waals surface area contributed by atoms with Crippen LogP contribution in [0.5, 0.6) is 0 Å². The molecule has 84 valence electrons. The smallest absolute Gasteiger partial charge is 0.191 e. The van der Waals surface area contributed by atoms with Gasteiger partial charge < -0.3 is 4.42 Å². The van der Waals surface area contributed by atoms with Gasteiger partial charge in [0.25, 0.3) is 0 Å². The molecule has 17 heavy (non-hydrogen) atoms. The Morgan fingerprint density at radius 3 is 2.47 bits per heavy atom. The van der Waals surface area contributed by atoms with Gasteiger partial charge in [0.1, 0.15) is 12.0 Å². The monoisotopic (exact) mass is 223 g/mol. The van der Waals surface area contributed by atoms with E-state index in [0.717, 1.165) is 11.3 Å². The van der Waals surface area contributed by atoms with Gasteiger partial charge in [-0.05, 0) is 23.8 Å². The van der Waals surface area contributed by atoms with E-state index in [1.165, 1.54) is 16.3 Å². The van der Waals surface area contributed by atoms with Crippen molar-refractivity contribution in [2.75, 3.05) is 0 Å². The van der Waals surface area contributed by atoms with Crippen molar-refractivity contribution in [2.45, 2.75) is 13.8 Å². The highest BCUT2D eigenvalue weighted by Gasteiger charge is 2.04. The van der Waals surface area contributed by atoms with Gasteiger partial charge in [-0.25, -0.2) is 4.98 Å². The number of hydrogen-bond acceptors (Lipinski definition) is 2. The minimum atomic E-state index is 0.698. The second-order valence-electron chi connectivity index (χ2n) is 4.32. The summed E-state index contributed by atoms with van der Waals surface area (Å²) in [6.45, 7) is 3.96. The Morgan fingerprint density at radius 2 is 1.71 bits per heavy atom. The fourth-order valence-electron chi connectivity index (χ4n) is 2.02. The third kappa shape index (κ3) is 1.82. The van der Waals surface area contributed by atoms with Crippen molar-refractivity contribution in [1.29, 1.82) is 0 Å². The van der Waals surface area contributed by atoms with Gasteiger partial charge in [0.2, 0.25) is 0 Å². The summed E-state index contributed by atoms with van der Waals surface area (Å²) in [5, 5.41) is 2.49. The molecule has 3 rings (SSSR count). The lowest BCUT2D eigenvalue weighted by Gasteiger charge is -2.02.